The molecule has 80 valence electrons. The Morgan fingerprint density at radius 1 is 1.33 bits per heavy atom. The van der Waals surface area contributed by atoms with Crippen molar-refractivity contribution in [2.24, 2.45) is 0 Å². The van der Waals surface area contributed by atoms with E-state index in [9.17, 15) is 9.59 Å². The van der Waals surface area contributed by atoms with Gasteiger partial charge < -0.3 is 5.32 Å². The number of carbonyl (C=O) groups excluding carboxylic acids is 2. The zero-order valence-corrected chi connectivity index (χ0v) is 9.12. The summed E-state index contributed by atoms with van der Waals surface area (Å²) in [7, 11) is 0. The SMILES string of the molecule is CC(=O)N[C@@H](CC(=O)Cl)c1ccccc1. The number of benzene rings is 1. The number of nitrogens with one attached hydrogen (secondary N) is 1. The van der Waals surface area contributed by atoms with Crippen LogP contribution in [0.15, 0.2) is 30.3 Å². The Kier molecular flexibility index (Phi) is 4.31. The van der Waals surface area contributed by atoms with Crippen molar-refractivity contribution in [2.75, 3.05) is 0 Å². The maximum atomic E-state index is 10.9. The average Bonchev–Trinajstić information content (AvgIpc) is 2.17. The predicted octanol–water partition coefficient (Wildman–Crippen LogP) is 2.02. The third-order valence-electron chi connectivity index (χ3n) is 1.94. The average molecular weight is 226 g/mol. The van der Waals surface area contributed by atoms with Crippen molar-refractivity contribution in [3.05, 3.63) is 35.9 Å². The van der Waals surface area contributed by atoms with E-state index in [1.807, 2.05) is 30.3 Å². The van der Waals surface area contributed by atoms with Crippen molar-refractivity contribution >= 4 is 22.8 Å². The van der Waals surface area contributed by atoms with Crippen LogP contribution in [0.2, 0.25) is 0 Å². The number of halogens is 1. The first-order valence-corrected chi connectivity index (χ1v) is 4.98. The van der Waals surface area contributed by atoms with Gasteiger partial charge in [0.25, 0.3) is 0 Å². The maximum Gasteiger partial charge on any atom is 0.224 e. The number of carbonyl (C=O) groups is 2. The lowest BCUT2D eigenvalue weighted by Gasteiger charge is -2.16. The van der Waals surface area contributed by atoms with Crippen molar-refractivity contribution in [3.8, 4) is 0 Å². The van der Waals surface area contributed by atoms with Gasteiger partial charge >= 0.3 is 0 Å². The van der Waals surface area contributed by atoms with Gasteiger partial charge in [-0.3, -0.25) is 9.59 Å². The summed E-state index contributed by atoms with van der Waals surface area (Å²) in [4.78, 5) is 21.8. The molecule has 1 rings (SSSR count). The second kappa shape index (κ2) is 5.51. The maximum absolute atomic E-state index is 10.9. The quantitative estimate of drug-likeness (QED) is 0.797. The Morgan fingerprint density at radius 3 is 2.40 bits per heavy atom. The molecule has 0 saturated carbocycles. The second-order valence-electron chi connectivity index (χ2n) is 3.22. The number of hydrogen-bond donors (Lipinski definition) is 1. The highest BCUT2D eigenvalue weighted by molar-refractivity contribution is 6.63. The van der Waals surface area contributed by atoms with Gasteiger partial charge in [0.15, 0.2) is 0 Å². The molecule has 0 radical (unpaired) electrons. The van der Waals surface area contributed by atoms with E-state index < -0.39 is 5.24 Å². The summed E-state index contributed by atoms with van der Waals surface area (Å²) >= 11 is 5.32. The summed E-state index contributed by atoms with van der Waals surface area (Å²) in [6.45, 7) is 1.41. The van der Waals surface area contributed by atoms with Gasteiger partial charge in [-0.1, -0.05) is 30.3 Å². The molecule has 1 aromatic rings. The fourth-order valence-corrected chi connectivity index (χ4v) is 1.50. The Morgan fingerprint density at radius 2 is 1.93 bits per heavy atom. The highest BCUT2D eigenvalue weighted by atomic mass is 35.5. The first-order valence-electron chi connectivity index (χ1n) is 4.60. The van der Waals surface area contributed by atoms with Crippen LogP contribution >= 0.6 is 11.6 Å². The molecule has 1 atom stereocenters. The monoisotopic (exact) mass is 225 g/mol. The van der Waals surface area contributed by atoms with Gasteiger partial charge in [-0.15, -0.1) is 0 Å². The second-order valence-corrected chi connectivity index (χ2v) is 3.64. The molecule has 1 amide bonds. The van der Waals surface area contributed by atoms with Crippen molar-refractivity contribution < 1.29 is 9.59 Å². The molecule has 1 N–H and O–H groups in total. The highest BCUT2D eigenvalue weighted by Crippen LogP contribution is 2.17. The molecule has 15 heavy (non-hydrogen) atoms. The van der Waals surface area contributed by atoms with Crippen molar-refractivity contribution in [3.63, 3.8) is 0 Å². The minimum Gasteiger partial charge on any atom is -0.349 e. The lowest BCUT2D eigenvalue weighted by Crippen LogP contribution is -2.27. The molecule has 3 nitrogen and oxygen atoms in total. The number of hydrogen-bond acceptors (Lipinski definition) is 2. The predicted molar refractivity (Wildman–Crippen MR) is 58.5 cm³/mol. The molecular formula is C11H12ClNO2. The summed E-state index contributed by atoms with van der Waals surface area (Å²) < 4.78 is 0. The normalized spacial score (nSPS) is 11.9. The van der Waals surface area contributed by atoms with Crippen molar-refractivity contribution in [1.82, 2.24) is 5.32 Å². The largest absolute Gasteiger partial charge is 0.349 e. The van der Waals surface area contributed by atoms with Crippen LogP contribution in [0.5, 0.6) is 0 Å². The fraction of sp³-hybridized carbons (Fsp3) is 0.273. The summed E-state index contributed by atoms with van der Waals surface area (Å²) in [6.07, 6.45) is 0.102. The van der Waals surface area contributed by atoms with Crippen LogP contribution in [-0.2, 0) is 9.59 Å². The molecule has 0 fully saturated rings. The van der Waals surface area contributed by atoms with Crippen LogP contribution in [0.4, 0.5) is 0 Å². The molecule has 0 saturated heterocycles. The van der Waals surface area contributed by atoms with E-state index >= 15 is 0 Å². The van der Waals surface area contributed by atoms with Gasteiger partial charge in [0.1, 0.15) is 0 Å². The van der Waals surface area contributed by atoms with Crippen LogP contribution in [-0.4, -0.2) is 11.1 Å². The summed E-state index contributed by atoms with van der Waals surface area (Å²) in [6, 6.07) is 8.93. The topological polar surface area (TPSA) is 46.2 Å². The minimum atomic E-state index is -0.461. The van der Waals surface area contributed by atoms with Crippen LogP contribution < -0.4 is 5.32 Å². The smallest absolute Gasteiger partial charge is 0.224 e. The lowest BCUT2D eigenvalue weighted by molar-refractivity contribution is -0.120. The lowest BCUT2D eigenvalue weighted by atomic mass is 10.0. The molecule has 0 aromatic heterocycles. The summed E-state index contributed by atoms with van der Waals surface area (Å²) in [5.41, 5.74) is 0.877. The van der Waals surface area contributed by atoms with Crippen molar-refractivity contribution in [1.29, 1.82) is 0 Å². The van der Waals surface area contributed by atoms with Gasteiger partial charge in [0.2, 0.25) is 11.1 Å². The van der Waals surface area contributed by atoms with Crippen LogP contribution in [0.3, 0.4) is 0 Å². The van der Waals surface area contributed by atoms with Crippen LogP contribution in [0.25, 0.3) is 0 Å². The van der Waals surface area contributed by atoms with E-state index in [1.54, 1.807) is 0 Å². The Bertz CT molecular complexity index is 335. The van der Waals surface area contributed by atoms with E-state index in [0.717, 1.165) is 5.56 Å². The third kappa shape index (κ3) is 4.13. The molecule has 0 aliphatic rings. The standard InChI is InChI=1S/C11H12ClNO2/c1-8(14)13-10(7-11(12)15)9-5-3-2-4-6-9/h2-6,10H,7H2,1H3,(H,13,14)/t10-/m0/s1. The summed E-state index contributed by atoms with van der Waals surface area (Å²) in [5.74, 6) is -0.179. The van der Waals surface area contributed by atoms with E-state index in [2.05, 4.69) is 5.32 Å². The van der Waals surface area contributed by atoms with Crippen LogP contribution in [0, 0.1) is 0 Å². The highest BCUT2D eigenvalue weighted by Gasteiger charge is 2.15. The molecule has 0 aliphatic heterocycles. The fourth-order valence-electron chi connectivity index (χ4n) is 1.34. The molecule has 0 bridgehead atoms. The molecule has 0 heterocycles. The van der Waals surface area contributed by atoms with Gasteiger partial charge in [0, 0.05) is 13.3 Å². The number of rotatable bonds is 4. The number of amides is 1. The molecule has 1 aromatic carbocycles. The van der Waals surface area contributed by atoms with E-state index in [1.165, 1.54) is 6.92 Å². The van der Waals surface area contributed by atoms with E-state index in [0.29, 0.717) is 0 Å². The molecular weight excluding hydrogens is 214 g/mol. The zero-order valence-electron chi connectivity index (χ0n) is 8.37. The van der Waals surface area contributed by atoms with Crippen LogP contribution in [0.1, 0.15) is 24.9 Å². The summed E-state index contributed by atoms with van der Waals surface area (Å²) in [5, 5.41) is 2.22. The Hall–Kier alpha value is -1.35. The van der Waals surface area contributed by atoms with Gasteiger partial charge in [-0.25, -0.2) is 0 Å². The van der Waals surface area contributed by atoms with Crippen molar-refractivity contribution in [2.45, 2.75) is 19.4 Å². The third-order valence-corrected chi connectivity index (χ3v) is 2.10. The Balaban J connectivity index is 2.81. The van der Waals surface area contributed by atoms with E-state index in [-0.39, 0.29) is 18.4 Å². The zero-order chi connectivity index (χ0) is 11.3. The molecule has 0 aliphatic carbocycles. The molecule has 0 unspecified atom stereocenters. The molecule has 0 spiro atoms. The van der Waals surface area contributed by atoms with Gasteiger partial charge in [-0.2, -0.15) is 0 Å². The van der Waals surface area contributed by atoms with E-state index in [4.69, 9.17) is 11.6 Å². The first-order chi connectivity index (χ1) is 7.09. The molecule has 4 heteroatoms. The van der Waals surface area contributed by atoms with Gasteiger partial charge in [-0.05, 0) is 17.2 Å². The minimum absolute atomic E-state index is 0.102. The van der Waals surface area contributed by atoms with Gasteiger partial charge in [0.05, 0.1) is 6.04 Å². The first kappa shape index (κ1) is 11.7. The Labute approximate surface area is 93.4 Å².